The van der Waals surface area contributed by atoms with E-state index in [1.54, 1.807) is 6.92 Å². The van der Waals surface area contributed by atoms with Crippen molar-refractivity contribution in [3.8, 4) is 0 Å². The van der Waals surface area contributed by atoms with Crippen LogP contribution >= 0.6 is 0 Å². The minimum Gasteiger partial charge on any atom is -0.466 e. The number of amidine groups is 1. The lowest BCUT2D eigenvalue weighted by molar-refractivity contribution is -0.142. The minimum absolute atomic E-state index is 0.0313. The highest BCUT2D eigenvalue weighted by atomic mass is 16.5. The molecular weight excluding hydrogens is 286 g/mol. The Morgan fingerprint density at radius 2 is 2.00 bits per heavy atom. The zero-order chi connectivity index (χ0) is 16.4. The first-order valence-corrected chi connectivity index (χ1v) is 6.79. The molecule has 118 valence electrons. The van der Waals surface area contributed by atoms with Gasteiger partial charge in [-0.05, 0) is 12.5 Å². The van der Waals surface area contributed by atoms with Crippen LogP contribution in [0.2, 0.25) is 0 Å². The molecule has 0 radical (unpaired) electrons. The molecule has 22 heavy (non-hydrogen) atoms. The van der Waals surface area contributed by atoms with Gasteiger partial charge in [-0.15, -0.1) is 0 Å². The van der Waals surface area contributed by atoms with Gasteiger partial charge in [-0.2, -0.15) is 5.53 Å². The van der Waals surface area contributed by atoms with E-state index in [4.69, 9.17) is 15.7 Å². The molecule has 0 aromatic heterocycles. The molecule has 0 spiro atoms. The van der Waals surface area contributed by atoms with Gasteiger partial charge in [0, 0.05) is 6.54 Å². The SMILES string of the molecule is CCOC(=O)CCNC(=O)C(=N)N(Cc1ccccc1)N=N. The summed E-state index contributed by atoms with van der Waals surface area (Å²) < 4.78 is 4.73. The number of hydrogen-bond donors (Lipinski definition) is 3. The zero-order valence-corrected chi connectivity index (χ0v) is 12.3. The number of benzene rings is 1. The Hall–Kier alpha value is -2.77. The predicted octanol–water partition coefficient (Wildman–Crippen LogP) is 1.48. The van der Waals surface area contributed by atoms with Crippen LogP contribution in [-0.2, 0) is 20.9 Å². The summed E-state index contributed by atoms with van der Waals surface area (Å²) in [4.78, 5) is 22.9. The molecule has 0 unspecified atom stereocenters. The molecule has 8 heteroatoms. The molecule has 0 heterocycles. The topological polar surface area (TPSA) is 119 Å². The summed E-state index contributed by atoms with van der Waals surface area (Å²) in [6.45, 7) is 2.19. The summed E-state index contributed by atoms with van der Waals surface area (Å²) >= 11 is 0. The standard InChI is InChI=1S/C14H19N5O3/c1-2-22-12(20)8-9-17-14(21)13(15)19(18-16)10-11-6-4-3-5-7-11/h3-7,15-16H,2,8-10H2,1H3,(H,17,21). The van der Waals surface area contributed by atoms with Crippen molar-refractivity contribution in [3.63, 3.8) is 0 Å². The molecule has 1 amide bonds. The first-order chi connectivity index (χ1) is 10.6. The molecule has 0 saturated carbocycles. The van der Waals surface area contributed by atoms with E-state index in [9.17, 15) is 9.59 Å². The molecule has 1 aromatic carbocycles. The van der Waals surface area contributed by atoms with Crippen LogP contribution in [0.25, 0.3) is 0 Å². The molecule has 0 atom stereocenters. The fourth-order valence-electron chi connectivity index (χ4n) is 1.63. The molecule has 0 saturated heterocycles. The summed E-state index contributed by atoms with van der Waals surface area (Å²) in [7, 11) is 0. The van der Waals surface area contributed by atoms with E-state index in [2.05, 4.69) is 10.5 Å². The average molecular weight is 305 g/mol. The fraction of sp³-hybridized carbons (Fsp3) is 0.357. The Labute approximate surface area is 128 Å². The molecule has 3 N–H and O–H groups in total. The van der Waals surface area contributed by atoms with Gasteiger partial charge in [0.05, 0.1) is 19.6 Å². The third-order valence-corrected chi connectivity index (χ3v) is 2.69. The molecule has 8 nitrogen and oxygen atoms in total. The van der Waals surface area contributed by atoms with Crippen LogP contribution < -0.4 is 5.32 Å². The molecule has 1 aromatic rings. The normalized spacial score (nSPS) is 9.68. The van der Waals surface area contributed by atoms with Crippen molar-refractivity contribution < 1.29 is 14.3 Å². The van der Waals surface area contributed by atoms with Crippen molar-refractivity contribution >= 4 is 17.7 Å². The molecule has 0 aliphatic rings. The smallest absolute Gasteiger partial charge is 0.307 e. The largest absolute Gasteiger partial charge is 0.466 e. The quantitative estimate of drug-likeness (QED) is 0.232. The number of nitrogens with zero attached hydrogens (tertiary/aromatic N) is 2. The Morgan fingerprint density at radius 1 is 1.32 bits per heavy atom. The van der Waals surface area contributed by atoms with Crippen LogP contribution in [0.15, 0.2) is 35.6 Å². The van der Waals surface area contributed by atoms with Gasteiger partial charge >= 0.3 is 5.97 Å². The van der Waals surface area contributed by atoms with Crippen LogP contribution in [0.3, 0.4) is 0 Å². The summed E-state index contributed by atoms with van der Waals surface area (Å²) in [5.41, 5.74) is 7.91. The Morgan fingerprint density at radius 3 is 2.59 bits per heavy atom. The highest BCUT2D eigenvalue weighted by molar-refractivity contribution is 6.36. The van der Waals surface area contributed by atoms with Crippen molar-refractivity contribution in [2.75, 3.05) is 13.2 Å². The van der Waals surface area contributed by atoms with Crippen molar-refractivity contribution in [2.45, 2.75) is 19.9 Å². The Kier molecular flexibility index (Phi) is 7.24. The zero-order valence-electron chi connectivity index (χ0n) is 12.3. The highest BCUT2D eigenvalue weighted by Gasteiger charge is 2.18. The van der Waals surface area contributed by atoms with Crippen molar-refractivity contribution in [1.29, 1.82) is 10.9 Å². The number of ether oxygens (including phenoxy) is 1. The lowest BCUT2D eigenvalue weighted by Gasteiger charge is -2.17. The second-order valence-electron chi connectivity index (χ2n) is 4.30. The Balaban J connectivity index is 2.47. The van der Waals surface area contributed by atoms with Crippen molar-refractivity contribution in [1.82, 2.24) is 10.3 Å². The predicted molar refractivity (Wildman–Crippen MR) is 79.1 cm³/mol. The van der Waals surface area contributed by atoms with E-state index in [1.165, 1.54) is 0 Å². The number of hydrogen-bond acceptors (Lipinski definition) is 6. The number of rotatable bonds is 7. The van der Waals surface area contributed by atoms with E-state index in [0.717, 1.165) is 10.6 Å². The van der Waals surface area contributed by atoms with Gasteiger partial charge in [0.15, 0.2) is 0 Å². The molecular formula is C14H19N5O3. The van der Waals surface area contributed by atoms with Gasteiger partial charge in [-0.3, -0.25) is 15.0 Å². The van der Waals surface area contributed by atoms with E-state index in [1.807, 2.05) is 30.3 Å². The molecule has 0 fully saturated rings. The van der Waals surface area contributed by atoms with E-state index < -0.39 is 17.7 Å². The number of carbonyl (C=O) groups is 2. The lowest BCUT2D eigenvalue weighted by Crippen LogP contribution is -2.40. The van der Waals surface area contributed by atoms with Gasteiger partial charge in [-0.25, -0.2) is 5.01 Å². The van der Waals surface area contributed by atoms with Crippen LogP contribution in [-0.4, -0.2) is 35.9 Å². The third kappa shape index (κ3) is 5.70. The van der Waals surface area contributed by atoms with Gasteiger partial charge < -0.3 is 10.1 Å². The molecule has 0 aliphatic heterocycles. The summed E-state index contributed by atoms with van der Waals surface area (Å²) in [5.74, 6) is -1.57. The average Bonchev–Trinajstić information content (AvgIpc) is 2.53. The number of carbonyl (C=O) groups excluding carboxylic acids is 2. The summed E-state index contributed by atoms with van der Waals surface area (Å²) in [6, 6.07) is 9.11. The minimum atomic E-state index is -0.698. The number of amides is 1. The maximum atomic E-state index is 11.8. The van der Waals surface area contributed by atoms with Crippen molar-refractivity contribution in [2.24, 2.45) is 5.22 Å². The van der Waals surface area contributed by atoms with Crippen LogP contribution in [0.4, 0.5) is 0 Å². The fourth-order valence-corrected chi connectivity index (χ4v) is 1.63. The first kappa shape index (κ1) is 17.3. The summed E-state index contributed by atoms with van der Waals surface area (Å²) in [5, 5.41) is 14.3. The summed E-state index contributed by atoms with van der Waals surface area (Å²) in [6.07, 6.45) is 0.0313. The van der Waals surface area contributed by atoms with E-state index in [-0.39, 0.29) is 26.1 Å². The molecule has 1 rings (SSSR count). The van der Waals surface area contributed by atoms with Crippen LogP contribution in [0, 0.1) is 10.9 Å². The van der Waals surface area contributed by atoms with Gasteiger partial charge in [0.1, 0.15) is 0 Å². The highest BCUT2D eigenvalue weighted by Crippen LogP contribution is 2.05. The maximum absolute atomic E-state index is 11.8. The first-order valence-electron chi connectivity index (χ1n) is 6.79. The van der Waals surface area contributed by atoms with Crippen LogP contribution in [0.5, 0.6) is 0 Å². The van der Waals surface area contributed by atoms with Crippen LogP contribution in [0.1, 0.15) is 18.9 Å². The van der Waals surface area contributed by atoms with E-state index >= 15 is 0 Å². The molecule has 0 bridgehead atoms. The van der Waals surface area contributed by atoms with Crippen molar-refractivity contribution in [3.05, 3.63) is 35.9 Å². The Bertz CT molecular complexity index is 533. The number of esters is 1. The van der Waals surface area contributed by atoms with Gasteiger partial charge in [-0.1, -0.05) is 35.6 Å². The number of nitrogens with one attached hydrogen (secondary N) is 3. The second kappa shape index (κ2) is 9.22. The monoisotopic (exact) mass is 305 g/mol. The van der Waals surface area contributed by atoms with Gasteiger partial charge in [0.25, 0.3) is 5.91 Å². The maximum Gasteiger partial charge on any atom is 0.307 e. The molecule has 0 aliphatic carbocycles. The van der Waals surface area contributed by atoms with Gasteiger partial charge in [0.2, 0.25) is 5.84 Å². The lowest BCUT2D eigenvalue weighted by atomic mass is 10.2. The third-order valence-electron chi connectivity index (χ3n) is 2.69. The second-order valence-corrected chi connectivity index (χ2v) is 4.30. The van der Waals surface area contributed by atoms with E-state index in [0.29, 0.717) is 0 Å².